The molecule has 1 atom stereocenters. The number of nitrogens with one attached hydrogen (secondary N) is 2. The lowest BCUT2D eigenvalue weighted by Gasteiger charge is -2.15. The van der Waals surface area contributed by atoms with Crippen molar-refractivity contribution < 1.29 is 23.1 Å². The first-order chi connectivity index (χ1) is 15.2. The van der Waals surface area contributed by atoms with E-state index < -0.39 is 30.2 Å². The molecule has 3 aromatic rings. The van der Waals surface area contributed by atoms with E-state index >= 15 is 0 Å². The molecule has 2 amide bonds. The Hall–Kier alpha value is -3.46. The summed E-state index contributed by atoms with van der Waals surface area (Å²) in [5.74, 6) is -0.521. The molecule has 0 saturated carbocycles. The molecular weight excluding hydrogens is 442 g/mol. The number of halogens is 3. The number of hydrogen-bond acceptors (Lipinski definition) is 4. The minimum atomic E-state index is -2.75. The van der Waals surface area contributed by atoms with Gasteiger partial charge in [0.15, 0.2) is 0 Å². The van der Waals surface area contributed by atoms with Crippen LogP contribution in [0.5, 0.6) is 0 Å². The van der Waals surface area contributed by atoms with Crippen LogP contribution in [0.2, 0.25) is 5.02 Å². The lowest BCUT2D eigenvalue weighted by molar-refractivity contribution is 0.0930. The Kier molecular flexibility index (Phi) is 7.42. The second-order valence-electron chi connectivity index (χ2n) is 7.02. The Morgan fingerprint density at radius 1 is 1.12 bits per heavy atom. The summed E-state index contributed by atoms with van der Waals surface area (Å²) < 4.78 is 31.8. The number of aromatic nitrogens is 2. The summed E-state index contributed by atoms with van der Waals surface area (Å²) >= 11 is 5.82. The van der Waals surface area contributed by atoms with Crippen LogP contribution in [0.4, 0.5) is 19.3 Å². The largest absolute Gasteiger partial charge is 0.444 e. The third-order valence-electron chi connectivity index (χ3n) is 4.64. The topological polar surface area (TPSA) is 85.3 Å². The number of carbonyl (C=O) groups is 2. The van der Waals surface area contributed by atoms with Crippen molar-refractivity contribution in [3.05, 3.63) is 82.1 Å². The van der Waals surface area contributed by atoms with Crippen LogP contribution in [0, 0.1) is 0 Å². The first kappa shape index (κ1) is 23.2. The van der Waals surface area contributed by atoms with E-state index in [1.54, 1.807) is 55.5 Å². The molecule has 0 spiro atoms. The predicted octanol–water partition coefficient (Wildman–Crippen LogP) is 5.25. The third-order valence-corrected chi connectivity index (χ3v) is 4.89. The first-order valence-electron chi connectivity index (χ1n) is 9.64. The molecule has 32 heavy (non-hydrogen) atoms. The second-order valence-corrected chi connectivity index (χ2v) is 7.46. The quantitative estimate of drug-likeness (QED) is 0.502. The molecule has 2 N–H and O–H groups in total. The molecule has 0 aliphatic heterocycles. The fourth-order valence-electron chi connectivity index (χ4n) is 2.90. The van der Waals surface area contributed by atoms with Gasteiger partial charge in [-0.2, -0.15) is 5.10 Å². The summed E-state index contributed by atoms with van der Waals surface area (Å²) in [6.07, 6.45) is -3.36. The summed E-state index contributed by atoms with van der Waals surface area (Å²) in [7, 11) is 1.43. The Morgan fingerprint density at radius 3 is 2.38 bits per heavy atom. The van der Waals surface area contributed by atoms with Gasteiger partial charge in [0.1, 0.15) is 18.0 Å². The number of rotatable bonds is 7. The minimum Gasteiger partial charge on any atom is -0.444 e. The van der Waals surface area contributed by atoms with Gasteiger partial charge in [0, 0.05) is 17.8 Å². The van der Waals surface area contributed by atoms with Crippen LogP contribution in [0.3, 0.4) is 0 Å². The molecule has 0 fully saturated rings. The van der Waals surface area contributed by atoms with E-state index in [1.165, 1.54) is 7.05 Å². The Morgan fingerprint density at radius 2 is 1.78 bits per heavy atom. The van der Waals surface area contributed by atoms with Crippen molar-refractivity contribution in [3.8, 4) is 0 Å². The summed E-state index contributed by atoms with van der Waals surface area (Å²) in [4.78, 5) is 24.4. The summed E-state index contributed by atoms with van der Waals surface area (Å²) in [6.45, 7) is 1.86. The SMILES string of the molecule is C[C@H](NC(=O)c1cc(C(F)F)nn1C)c1ccc(NC(=O)OCc2ccc(Cl)cc2)cc1. The van der Waals surface area contributed by atoms with E-state index in [2.05, 4.69) is 15.7 Å². The Balaban J connectivity index is 1.53. The van der Waals surface area contributed by atoms with Crippen LogP contribution in [-0.4, -0.2) is 21.8 Å². The van der Waals surface area contributed by atoms with Crippen LogP contribution >= 0.6 is 11.6 Å². The van der Waals surface area contributed by atoms with E-state index in [9.17, 15) is 18.4 Å². The minimum absolute atomic E-state index is 0.0360. The van der Waals surface area contributed by atoms with Gasteiger partial charge in [-0.25, -0.2) is 13.6 Å². The van der Waals surface area contributed by atoms with Gasteiger partial charge in [-0.05, 0) is 48.4 Å². The van der Waals surface area contributed by atoms with Gasteiger partial charge in [-0.15, -0.1) is 0 Å². The van der Waals surface area contributed by atoms with Gasteiger partial charge in [-0.1, -0.05) is 35.9 Å². The van der Waals surface area contributed by atoms with Crippen LogP contribution in [0.15, 0.2) is 54.6 Å². The highest BCUT2D eigenvalue weighted by molar-refractivity contribution is 6.30. The highest BCUT2D eigenvalue weighted by Gasteiger charge is 2.20. The smallest absolute Gasteiger partial charge is 0.411 e. The molecule has 0 aliphatic carbocycles. The zero-order valence-electron chi connectivity index (χ0n) is 17.3. The molecule has 0 saturated heterocycles. The standard InChI is InChI=1S/C22H21ClF2N4O3/c1-13(26-21(30)19-11-18(20(24)25)28-29(19)2)15-5-9-17(10-6-15)27-22(31)32-12-14-3-7-16(23)8-4-14/h3-11,13,20H,12H2,1-2H3,(H,26,30)(H,27,31)/t13-/m0/s1. The number of nitrogens with zero attached hydrogens (tertiary/aromatic N) is 2. The number of carbonyl (C=O) groups excluding carboxylic acids is 2. The number of amides is 2. The maximum absolute atomic E-state index is 12.8. The maximum Gasteiger partial charge on any atom is 0.411 e. The molecule has 0 radical (unpaired) electrons. The molecule has 1 aromatic heterocycles. The van der Waals surface area contributed by atoms with E-state index in [0.717, 1.165) is 21.9 Å². The molecule has 168 valence electrons. The van der Waals surface area contributed by atoms with Crippen molar-refractivity contribution in [1.29, 1.82) is 0 Å². The lowest BCUT2D eigenvalue weighted by Crippen LogP contribution is -2.28. The fourth-order valence-corrected chi connectivity index (χ4v) is 3.03. The van der Waals surface area contributed by atoms with Crippen molar-refractivity contribution in [2.75, 3.05) is 5.32 Å². The molecule has 2 aromatic carbocycles. The van der Waals surface area contributed by atoms with Gasteiger partial charge in [0.25, 0.3) is 12.3 Å². The van der Waals surface area contributed by atoms with Gasteiger partial charge in [0.2, 0.25) is 0 Å². The summed E-state index contributed by atoms with van der Waals surface area (Å²) in [5.41, 5.74) is 1.66. The molecule has 3 rings (SSSR count). The average Bonchev–Trinajstić information content (AvgIpc) is 3.16. The van der Waals surface area contributed by atoms with Crippen molar-refractivity contribution in [2.45, 2.75) is 26.0 Å². The van der Waals surface area contributed by atoms with Crippen LogP contribution < -0.4 is 10.6 Å². The van der Waals surface area contributed by atoms with Gasteiger partial charge < -0.3 is 10.1 Å². The summed E-state index contributed by atoms with van der Waals surface area (Å²) in [5, 5.41) is 9.60. The molecule has 0 bridgehead atoms. The Bertz CT molecular complexity index is 1090. The number of aryl methyl sites for hydroxylation is 1. The number of ether oxygens (including phenoxy) is 1. The van der Waals surface area contributed by atoms with E-state index in [0.29, 0.717) is 10.7 Å². The van der Waals surface area contributed by atoms with Gasteiger partial charge in [-0.3, -0.25) is 14.8 Å². The number of alkyl halides is 2. The Labute approximate surface area is 188 Å². The first-order valence-corrected chi connectivity index (χ1v) is 10.0. The molecular formula is C22H21ClF2N4O3. The third kappa shape index (κ3) is 6.04. The van der Waals surface area contributed by atoms with E-state index in [4.69, 9.17) is 16.3 Å². The van der Waals surface area contributed by atoms with Crippen LogP contribution in [-0.2, 0) is 18.4 Å². The predicted molar refractivity (Wildman–Crippen MR) is 116 cm³/mol. The maximum atomic E-state index is 12.8. The van der Waals surface area contributed by atoms with E-state index in [-0.39, 0.29) is 12.3 Å². The number of benzene rings is 2. The van der Waals surface area contributed by atoms with Gasteiger partial charge in [0.05, 0.1) is 6.04 Å². The van der Waals surface area contributed by atoms with Crippen LogP contribution in [0.25, 0.3) is 0 Å². The monoisotopic (exact) mass is 462 g/mol. The number of anilines is 1. The fraction of sp³-hybridized carbons (Fsp3) is 0.227. The van der Waals surface area contributed by atoms with Crippen LogP contribution in [0.1, 0.15) is 46.7 Å². The van der Waals surface area contributed by atoms with Crippen molar-refractivity contribution >= 4 is 29.3 Å². The molecule has 1 heterocycles. The highest BCUT2D eigenvalue weighted by atomic mass is 35.5. The molecule has 10 heteroatoms. The van der Waals surface area contributed by atoms with Crippen molar-refractivity contribution in [2.24, 2.45) is 7.05 Å². The van der Waals surface area contributed by atoms with Gasteiger partial charge >= 0.3 is 6.09 Å². The second kappa shape index (κ2) is 10.2. The molecule has 0 unspecified atom stereocenters. The zero-order chi connectivity index (χ0) is 23.3. The number of hydrogen-bond donors (Lipinski definition) is 2. The van der Waals surface area contributed by atoms with Crippen molar-refractivity contribution in [3.63, 3.8) is 0 Å². The normalized spacial score (nSPS) is 11.8. The van der Waals surface area contributed by atoms with Crippen molar-refractivity contribution in [1.82, 2.24) is 15.1 Å². The lowest BCUT2D eigenvalue weighted by atomic mass is 10.1. The van der Waals surface area contributed by atoms with E-state index in [1.807, 2.05) is 0 Å². The summed E-state index contributed by atoms with van der Waals surface area (Å²) in [6, 6.07) is 14.4. The molecule has 0 aliphatic rings. The average molecular weight is 463 g/mol. The highest BCUT2D eigenvalue weighted by Crippen LogP contribution is 2.20. The molecule has 7 nitrogen and oxygen atoms in total. The zero-order valence-corrected chi connectivity index (χ0v) is 18.1.